The molecule has 2 N–H and O–H groups in total. The lowest BCUT2D eigenvalue weighted by atomic mass is 9.37. The van der Waals surface area contributed by atoms with Crippen molar-refractivity contribution in [1.29, 1.82) is 0 Å². The van der Waals surface area contributed by atoms with E-state index in [-0.39, 0.29) is 14.4 Å². The number of benzene rings is 1. The van der Waals surface area contributed by atoms with Crippen molar-refractivity contribution in [2.75, 3.05) is 4.72 Å². The van der Waals surface area contributed by atoms with Crippen LogP contribution in [-0.2, 0) is 15.2 Å². The minimum atomic E-state index is -3.24. The number of aliphatic hydroxyl groups is 2. The second-order valence-electron chi connectivity index (χ2n) is 7.16. The van der Waals surface area contributed by atoms with Crippen molar-refractivity contribution in [3.63, 3.8) is 0 Å². The number of piperidine rings is 1. The normalized spacial score (nSPS) is 29.9. The van der Waals surface area contributed by atoms with Crippen molar-refractivity contribution in [1.82, 2.24) is 9.71 Å². The molecule has 3 amide bonds. The number of amides is 3. The highest BCUT2D eigenvalue weighted by Gasteiger charge is 2.64. The van der Waals surface area contributed by atoms with E-state index < -0.39 is 73.7 Å². The summed E-state index contributed by atoms with van der Waals surface area (Å²) in [4.78, 5) is 38.0. The van der Waals surface area contributed by atoms with E-state index in [2.05, 4.69) is 0 Å². The molecule has 0 bridgehead atoms. The summed E-state index contributed by atoms with van der Waals surface area (Å²) in [6.07, 6.45) is 0. The molecule has 0 aromatic heterocycles. The first-order valence-corrected chi connectivity index (χ1v) is 8.21. The highest BCUT2D eigenvalue weighted by Crippen LogP contribution is 2.47. The van der Waals surface area contributed by atoms with Crippen LogP contribution >= 0.6 is 0 Å². The summed E-state index contributed by atoms with van der Waals surface area (Å²) in [5, 5.41) is 18.8. The quantitative estimate of drug-likeness (QED) is 0.380. The Balaban J connectivity index is 2.35. The van der Waals surface area contributed by atoms with E-state index in [4.69, 9.17) is 71.0 Å². The zero-order valence-electron chi connectivity index (χ0n) is 15.6. The Morgan fingerprint density at radius 3 is 2.00 bits per heavy atom. The Bertz CT molecular complexity index is 1050. The van der Waals surface area contributed by atoms with Gasteiger partial charge < -0.3 is 24.6 Å². The van der Waals surface area contributed by atoms with Gasteiger partial charge in [-0.2, -0.15) is 0 Å². The molecule has 134 valence electrons. The minimum Gasteiger partial charge on any atom is -0.479 e. The summed E-state index contributed by atoms with van der Waals surface area (Å²) >= 11 is 0. The van der Waals surface area contributed by atoms with Gasteiger partial charge in [-0.15, -0.1) is 0 Å². The fraction of sp³-hybridized carbons (Fsp3) is 0.308. The average Bonchev–Trinajstić information content (AvgIpc) is 2.84. The molecule has 3 atom stereocenters. The first-order valence-electron chi connectivity index (χ1n) is 8.21. The molecule has 1 aromatic rings. The van der Waals surface area contributed by atoms with E-state index in [1.807, 2.05) is 0 Å². The Morgan fingerprint density at radius 1 is 1.00 bits per heavy atom. The zero-order valence-corrected chi connectivity index (χ0v) is 15.6. The number of imide groups is 1. The Labute approximate surface area is 188 Å². The first-order chi connectivity index (χ1) is 13.9. The van der Waals surface area contributed by atoms with E-state index in [9.17, 15) is 29.0 Å². The summed E-state index contributed by atoms with van der Waals surface area (Å²) in [7, 11) is 50.2. The lowest BCUT2D eigenvalue weighted by Crippen LogP contribution is -2.76. The SMILES string of the molecule is [B]c1c(F)c([B])c(N([B])[B])c2c1C(=O)N(C1C(=O)N([B])C(=O)C([B])([B])C1([B])O)C2([B])O. The van der Waals surface area contributed by atoms with Crippen molar-refractivity contribution >= 4 is 105 Å². The van der Waals surface area contributed by atoms with E-state index in [0.717, 1.165) is 0 Å². The van der Waals surface area contributed by atoms with Crippen LogP contribution in [0.1, 0.15) is 15.9 Å². The van der Waals surface area contributed by atoms with Gasteiger partial charge in [0, 0.05) is 16.8 Å². The van der Waals surface area contributed by atoms with Gasteiger partial charge in [0.15, 0.2) is 7.85 Å². The fourth-order valence-electron chi connectivity index (χ4n) is 3.63. The van der Waals surface area contributed by atoms with Gasteiger partial charge in [0.1, 0.15) is 41.0 Å². The van der Waals surface area contributed by atoms with Gasteiger partial charge in [0.05, 0.1) is 21.2 Å². The number of anilines is 1. The monoisotopic (exact) mass is 399 g/mol. The Kier molecular flexibility index (Phi) is 5.19. The van der Waals surface area contributed by atoms with Crippen molar-refractivity contribution in [2.24, 2.45) is 0 Å². The molecule has 18 radical (unpaired) electrons. The number of nitrogens with zero attached hydrogens (tertiary/aromatic N) is 3. The third-order valence-electron chi connectivity index (χ3n) is 5.29. The molecule has 3 unspecified atom stereocenters. The molecule has 1 aromatic carbocycles. The largest absolute Gasteiger partial charge is 0.479 e. The molecule has 2 heterocycles. The zero-order chi connectivity index (χ0) is 24.0. The van der Waals surface area contributed by atoms with E-state index in [0.29, 0.717) is 0 Å². The van der Waals surface area contributed by atoms with Crippen molar-refractivity contribution in [3.05, 3.63) is 16.9 Å². The van der Waals surface area contributed by atoms with Crippen LogP contribution in [0.5, 0.6) is 0 Å². The van der Waals surface area contributed by atoms with Crippen LogP contribution < -0.4 is 15.6 Å². The predicted molar refractivity (Wildman–Crippen MR) is 113 cm³/mol. The molecule has 0 aliphatic carbocycles. The average molecular weight is 397 g/mol. The van der Waals surface area contributed by atoms with E-state index >= 15 is 0 Å². The number of hydrogen-bond donors (Lipinski definition) is 2. The number of halogens is 1. The maximum absolute atomic E-state index is 14.5. The maximum atomic E-state index is 14.5. The number of carbonyl (C=O) groups excluding carboxylic acids is 3. The van der Waals surface area contributed by atoms with Gasteiger partial charge in [-0.1, -0.05) is 0 Å². The summed E-state index contributed by atoms with van der Waals surface area (Å²) in [6.45, 7) is 0. The lowest BCUT2D eigenvalue weighted by molar-refractivity contribution is -0.164. The van der Waals surface area contributed by atoms with E-state index in [1.54, 1.807) is 0 Å². The molecule has 2 aliphatic heterocycles. The Hall–Kier alpha value is -1.94. The van der Waals surface area contributed by atoms with Crippen LogP contribution in [0, 0.1) is 5.82 Å². The lowest BCUT2D eigenvalue weighted by Gasteiger charge is -2.56. The molecule has 8 nitrogen and oxygen atoms in total. The molecular weight excluding hydrogens is 394 g/mol. The fourth-order valence-corrected chi connectivity index (χ4v) is 3.63. The van der Waals surface area contributed by atoms with Crippen LogP contribution in [0.2, 0.25) is 5.21 Å². The smallest absolute Gasteiger partial charge is 0.256 e. The molecular formula is C13H3B9FN3O5. The summed E-state index contributed by atoms with van der Waals surface area (Å²) < 4.78 is 14.8. The second-order valence-corrected chi connectivity index (χ2v) is 7.16. The van der Waals surface area contributed by atoms with Gasteiger partial charge in [-0.3, -0.25) is 14.4 Å². The summed E-state index contributed by atoms with van der Waals surface area (Å²) in [6, 6.07) is -2.47. The molecule has 0 spiro atoms. The minimum absolute atomic E-state index is 0.0585. The van der Waals surface area contributed by atoms with Crippen LogP contribution in [0.3, 0.4) is 0 Å². The molecule has 3 rings (SSSR count). The molecule has 1 fully saturated rings. The van der Waals surface area contributed by atoms with E-state index in [1.165, 1.54) is 0 Å². The second kappa shape index (κ2) is 6.78. The van der Waals surface area contributed by atoms with Crippen LogP contribution in [0.25, 0.3) is 0 Å². The number of rotatable bonds is 2. The van der Waals surface area contributed by atoms with Crippen LogP contribution in [0.15, 0.2) is 0 Å². The van der Waals surface area contributed by atoms with Gasteiger partial charge in [0.25, 0.3) is 5.91 Å². The van der Waals surface area contributed by atoms with Crippen molar-refractivity contribution in [2.45, 2.75) is 22.4 Å². The maximum Gasteiger partial charge on any atom is 0.256 e. The number of fused-ring (bicyclic) bond motifs is 1. The number of hydrogen-bond acceptors (Lipinski definition) is 6. The third kappa shape index (κ3) is 2.76. The molecule has 18 heteroatoms. The highest BCUT2D eigenvalue weighted by molar-refractivity contribution is 6.59. The van der Waals surface area contributed by atoms with Gasteiger partial charge >= 0.3 is 0 Å². The predicted octanol–water partition coefficient (Wildman–Crippen LogP) is -6.76. The molecule has 31 heavy (non-hydrogen) atoms. The molecule has 1 saturated heterocycles. The third-order valence-corrected chi connectivity index (χ3v) is 5.29. The van der Waals surface area contributed by atoms with Crippen molar-refractivity contribution < 1.29 is 29.0 Å². The highest BCUT2D eigenvalue weighted by atomic mass is 19.1. The van der Waals surface area contributed by atoms with Gasteiger partial charge in [0.2, 0.25) is 35.8 Å². The topological polar surface area (TPSA) is 101 Å². The van der Waals surface area contributed by atoms with Gasteiger partial charge in [-0.05, 0) is 16.1 Å². The Morgan fingerprint density at radius 2 is 1.52 bits per heavy atom. The van der Waals surface area contributed by atoms with Gasteiger partial charge in [-0.25, -0.2) is 4.39 Å². The standard InChI is InChI=1S/C13H3B9FN3O5/c14-3-1-2(6(26(21)22)4(15)5(3)23)13(19,31)24(8(1)27)7-9(28)25(20)10(29)11(16,17)12(7,18)30/h7,30-31H. The molecule has 0 saturated carbocycles. The number of carbonyl (C=O) groups is 3. The van der Waals surface area contributed by atoms with Crippen LogP contribution in [0.4, 0.5) is 10.1 Å². The molecule has 2 aliphatic rings. The van der Waals surface area contributed by atoms with Crippen molar-refractivity contribution in [3.8, 4) is 0 Å². The van der Waals surface area contributed by atoms with Crippen LogP contribution in [-0.4, -0.2) is 120 Å². The summed E-state index contributed by atoms with van der Waals surface area (Å²) in [5.41, 5.74) is -10.3. The first kappa shape index (κ1) is 23.7. The summed E-state index contributed by atoms with van der Waals surface area (Å²) in [5.74, 6) is -5.85.